The fourth-order valence-corrected chi connectivity index (χ4v) is 6.39. The molecule has 0 bridgehead atoms. The average molecular weight is 492 g/mol. The number of fused-ring (bicyclic) bond motifs is 1. The Morgan fingerprint density at radius 1 is 1.06 bits per heavy atom. The number of halogens is 1. The summed E-state index contributed by atoms with van der Waals surface area (Å²) >= 11 is 3.66. The molecule has 2 fully saturated rings. The number of aryl methyl sites for hydroxylation is 1. The van der Waals surface area contributed by atoms with Gasteiger partial charge in [0.1, 0.15) is 0 Å². The SMILES string of the molecule is CCCN(C1CCN(C(=O)N2C[C@@H](C)N[C@@H](C)C2)CC1)C1CCc2ccc(Br)cc2C1. The summed E-state index contributed by atoms with van der Waals surface area (Å²) in [6.07, 6.45) is 6.99. The van der Waals surface area contributed by atoms with E-state index in [-0.39, 0.29) is 6.03 Å². The van der Waals surface area contributed by atoms with Crippen LogP contribution in [0.3, 0.4) is 0 Å². The quantitative estimate of drug-likeness (QED) is 0.684. The summed E-state index contributed by atoms with van der Waals surface area (Å²) in [5.41, 5.74) is 3.04. The van der Waals surface area contributed by atoms with Crippen LogP contribution in [0.5, 0.6) is 0 Å². The van der Waals surface area contributed by atoms with E-state index in [0.717, 1.165) is 45.4 Å². The topological polar surface area (TPSA) is 38.8 Å². The van der Waals surface area contributed by atoms with Gasteiger partial charge in [-0.25, -0.2) is 4.79 Å². The number of amides is 2. The molecule has 0 saturated carbocycles. The minimum absolute atomic E-state index is 0.247. The Morgan fingerprint density at radius 3 is 2.45 bits per heavy atom. The van der Waals surface area contributed by atoms with Crippen LogP contribution in [0, 0.1) is 0 Å². The maximum absolute atomic E-state index is 13.1. The van der Waals surface area contributed by atoms with Gasteiger partial charge in [0.05, 0.1) is 0 Å². The fraction of sp³-hybridized carbons (Fsp3) is 0.720. The van der Waals surface area contributed by atoms with E-state index in [4.69, 9.17) is 0 Å². The molecular formula is C25H39BrN4O. The van der Waals surface area contributed by atoms with Gasteiger partial charge in [0.15, 0.2) is 0 Å². The second-order valence-corrected chi connectivity index (χ2v) is 10.8. The molecule has 0 radical (unpaired) electrons. The van der Waals surface area contributed by atoms with Crippen LogP contribution in [0.4, 0.5) is 4.79 Å². The monoisotopic (exact) mass is 490 g/mol. The van der Waals surface area contributed by atoms with E-state index in [1.165, 1.54) is 41.4 Å². The van der Waals surface area contributed by atoms with Crippen LogP contribution >= 0.6 is 15.9 Å². The summed E-state index contributed by atoms with van der Waals surface area (Å²) in [5, 5.41) is 3.53. The van der Waals surface area contributed by atoms with E-state index in [0.29, 0.717) is 24.2 Å². The lowest BCUT2D eigenvalue weighted by Crippen LogP contribution is -2.60. The van der Waals surface area contributed by atoms with Gasteiger partial charge >= 0.3 is 6.03 Å². The summed E-state index contributed by atoms with van der Waals surface area (Å²) in [5.74, 6) is 0. The molecule has 0 spiro atoms. The smallest absolute Gasteiger partial charge is 0.320 e. The maximum Gasteiger partial charge on any atom is 0.320 e. The van der Waals surface area contributed by atoms with Crippen molar-refractivity contribution in [3.8, 4) is 0 Å². The molecule has 2 aliphatic heterocycles. The van der Waals surface area contributed by atoms with Crippen molar-refractivity contribution in [3.05, 3.63) is 33.8 Å². The zero-order valence-corrected chi connectivity index (χ0v) is 21.0. The summed E-state index contributed by atoms with van der Waals surface area (Å²) in [7, 11) is 0. The molecule has 3 atom stereocenters. The molecule has 2 heterocycles. The van der Waals surface area contributed by atoms with E-state index in [1.807, 2.05) is 0 Å². The molecule has 5 nitrogen and oxygen atoms in total. The molecule has 1 aromatic rings. The van der Waals surface area contributed by atoms with Crippen LogP contribution < -0.4 is 5.32 Å². The number of nitrogens with zero attached hydrogens (tertiary/aromatic N) is 3. The Bertz CT molecular complexity index is 754. The van der Waals surface area contributed by atoms with Gasteiger partial charge in [0.25, 0.3) is 0 Å². The molecule has 2 amide bonds. The van der Waals surface area contributed by atoms with Crippen LogP contribution in [-0.2, 0) is 12.8 Å². The predicted molar refractivity (Wildman–Crippen MR) is 131 cm³/mol. The van der Waals surface area contributed by atoms with E-state index >= 15 is 0 Å². The Morgan fingerprint density at radius 2 is 1.77 bits per heavy atom. The molecule has 3 aliphatic rings. The highest BCUT2D eigenvalue weighted by molar-refractivity contribution is 9.10. The largest absolute Gasteiger partial charge is 0.325 e. The van der Waals surface area contributed by atoms with E-state index in [2.05, 4.69) is 74.9 Å². The minimum atomic E-state index is 0.247. The first kappa shape index (κ1) is 23.1. The number of nitrogens with one attached hydrogen (secondary N) is 1. The molecule has 1 aliphatic carbocycles. The van der Waals surface area contributed by atoms with Crippen LogP contribution in [0.1, 0.15) is 57.6 Å². The first-order valence-corrected chi connectivity index (χ1v) is 13.1. The van der Waals surface area contributed by atoms with Crippen LogP contribution in [0.2, 0.25) is 0 Å². The van der Waals surface area contributed by atoms with Gasteiger partial charge in [0, 0.05) is 54.8 Å². The average Bonchev–Trinajstić information content (AvgIpc) is 2.76. The van der Waals surface area contributed by atoms with Crippen molar-refractivity contribution in [1.29, 1.82) is 0 Å². The van der Waals surface area contributed by atoms with E-state index in [1.54, 1.807) is 0 Å². The zero-order chi connectivity index (χ0) is 22.0. The van der Waals surface area contributed by atoms with Gasteiger partial charge < -0.3 is 15.1 Å². The van der Waals surface area contributed by atoms with Crippen molar-refractivity contribution < 1.29 is 4.79 Å². The van der Waals surface area contributed by atoms with Crippen molar-refractivity contribution in [2.75, 3.05) is 32.7 Å². The third-order valence-electron chi connectivity index (χ3n) is 7.35. The van der Waals surface area contributed by atoms with Crippen LogP contribution in [0.15, 0.2) is 22.7 Å². The number of piperidine rings is 1. The molecule has 0 aromatic heterocycles. The highest BCUT2D eigenvalue weighted by Crippen LogP contribution is 2.30. The standard InChI is InChI=1S/C25H39BrN4O/c1-4-11-30(24-8-6-20-5-7-22(26)14-21(20)15-24)23-9-12-28(13-10-23)25(31)29-16-18(2)27-19(3)17-29/h5,7,14,18-19,23-24,27H,4,6,8-13,15-17H2,1-3H3/t18-,19+,24?. The Balaban J connectivity index is 1.36. The normalized spacial score (nSPS) is 27.5. The third kappa shape index (κ3) is 5.45. The van der Waals surface area contributed by atoms with Crippen molar-refractivity contribution in [1.82, 2.24) is 20.0 Å². The molecule has 1 N–H and O–H groups in total. The number of hydrogen-bond acceptors (Lipinski definition) is 3. The zero-order valence-electron chi connectivity index (χ0n) is 19.4. The minimum Gasteiger partial charge on any atom is -0.325 e. The number of carbonyl (C=O) groups excluding carboxylic acids is 1. The first-order chi connectivity index (χ1) is 14.9. The Hall–Kier alpha value is -1.11. The van der Waals surface area contributed by atoms with Crippen molar-refractivity contribution in [3.63, 3.8) is 0 Å². The second kappa shape index (κ2) is 10.2. The second-order valence-electron chi connectivity index (χ2n) is 9.92. The van der Waals surface area contributed by atoms with Crippen LogP contribution in [-0.4, -0.2) is 77.6 Å². The van der Waals surface area contributed by atoms with Crippen LogP contribution in [0.25, 0.3) is 0 Å². The lowest BCUT2D eigenvalue weighted by atomic mass is 9.86. The van der Waals surface area contributed by atoms with E-state index < -0.39 is 0 Å². The molecule has 31 heavy (non-hydrogen) atoms. The molecule has 6 heteroatoms. The number of urea groups is 1. The fourth-order valence-electron chi connectivity index (χ4n) is 5.98. The Kier molecular flexibility index (Phi) is 7.60. The summed E-state index contributed by atoms with van der Waals surface area (Å²) < 4.78 is 1.19. The number of benzene rings is 1. The van der Waals surface area contributed by atoms with Crippen molar-refractivity contribution >= 4 is 22.0 Å². The van der Waals surface area contributed by atoms with Crippen molar-refractivity contribution in [2.24, 2.45) is 0 Å². The van der Waals surface area contributed by atoms with Gasteiger partial charge in [0.2, 0.25) is 0 Å². The number of likely N-dealkylation sites (tertiary alicyclic amines) is 1. The number of carbonyl (C=O) groups is 1. The number of hydrogen-bond donors (Lipinski definition) is 1. The lowest BCUT2D eigenvalue weighted by Gasteiger charge is -2.45. The molecule has 2 saturated heterocycles. The molecule has 1 aromatic carbocycles. The molecular weight excluding hydrogens is 452 g/mol. The van der Waals surface area contributed by atoms with E-state index in [9.17, 15) is 4.79 Å². The molecule has 4 rings (SSSR count). The third-order valence-corrected chi connectivity index (χ3v) is 7.85. The summed E-state index contributed by atoms with van der Waals surface area (Å²) in [6.45, 7) is 11.2. The summed E-state index contributed by atoms with van der Waals surface area (Å²) in [4.78, 5) is 20.1. The maximum atomic E-state index is 13.1. The molecule has 172 valence electrons. The van der Waals surface area contributed by atoms with Gasteiger partial charge in [-0.3, -0.25) is 4.90 Å². The first-order valence-electron chi connectivity index (χ1n) is 12.3. The summed E-state index contributed by atoms with van der Waals surface area (Å²) in [6, 6.07) is 9.02. The predicted octanol–water partition coefficient (Wildman–Crippen LogP) is 4.29. The lowest BCUT2D eigenvalue weighted by molar-refractivity contribution is 0.0639. The molecule has 1 unspecified atom stereocenters. The highest BCUT2D eigenvalue weighted by Gasteiger charge is 2.34. The number of rotatable bonds is 4. The van der Waals surface area contributed by atoms with Gasteiger partial charge in [-0.2, -0.15) is 0 Å². The van der Waals surface area contributed by atoms with Crippen molar-refractivity contribution in [2.45, 2.75) is 83.5 Å². The Labute approximate surface area is 196 Å². The van der Waals surface area contributed by atoms with Gasteiger partial charge in [-0.05, 0) is 82.2 Å². The highest BCUT2D eigenvalue weighted by atomic mass is 79.9. The van der Waals surface area contributed by atoms with Gasteiger partial charge in [-0.1, -0.05) is 28.9 Å². The van der Waals surface area contributed by atoms with Gasteiger partial charge in [-0.15, -0.1) is 0 Å². The number of piperazine rings is 1.